The van der Waals surface area contributed by atoms with Gasteiger partial charge in [0.15, 0.2) is 0 Å². The van der Waals surface area contributed by atoms with Gasteiger partial charge in [-0.15, -0.1) is 0 Å². The van der Waals surface area contributed by atoms with Gasteiger partial charge in [0, 0.05) is 18.3 Å². The van der Waals surface area contributed by atoms with E-state index in [9.17, 15) is 18.0 Å². The maximum atomic E-state index is 13.6. The van der Waals surface area contributed by atoms with Gasteiger partial charge in [-0.3, -0.25) is 14.5 Å². The van der Waals surface area contributed by atoms with Crippen molar-refractivity contribution in [3.63, 3.8) is 0 Å². The molecule has 2 aliphatic rings. The number of piperazine rings is 1. The lowest BCUT2D eigenvalue weighted by Crippen LogP contribution is -2.70. The molecule has 1 aromatic rings. The fourth-order valence-corrected chi connectivity index (χ4v) is 5.46. The zero-order valence-electron chi connectivity index (χ0n) is 18.9. The molecule has 31 heavy (non-hydrogen) atoms. The Kier molecular flexibility index (Phi) is 7.42. The molecule has 3 rings (SSSR count). The number of sulfonamides is 1. The third kappa shape index (κ3) is 5.47. The smallest absolute Gasteiger partial charge is 0.247 e. The number of carbonyl (C=O) groups excluding carboxylic acids is 2. The first kappa shape index (κ1) is 23.7. The molecule has 1 aliphatic heterocycles. The highest BCUT2D eigenvalue weighted by Crippen LogP contribution is 2.31. The normalized spacial score (nSPS) is 24.5. The molecule has 1 saturated heterocycles. The average molecular weight is 450 g/mol. The Hall–Kier alpha value is -1.93. The van der Waals surface area contributed by atoms with E-state index in [0.29, 0.717) is 5.69 Å². The molecular weight excluding hydrogens is 414 g/mol. The van der Waals surface area contributed by atoms with E-state index in [-0.39, 0.29) is 25.0 Å². The summed E-state index contributed by atoms with van der Waals surface area (Å²) in [5.74, 6) is -0.685. The number of carbonyl (C=O) groups is 2. The Bertz CT molecular complexity index is 892. The van der Waals surface area contributed by atoms with Crippen molar-refractivity contribution in [3.05, 3.63) is 29.8 Å². The van der Waals surface area contributed by atoms with Crippen molar-refractivity contribution < 1.29 is 18.0 Å². The molecule has 1 saturated carbocycles. The number of amides is 2. The van der Waals surface area contributed by atoms with Crippen molar-refractivity contribution in [2.45, 2.75) is 76.8 Å². The topological polar surface area (TPSA) is 86.8 Å². The molecule has 1 aliphatic carbocycles. The van der Waals surface area contributed by atoms with Crippen LogP contribution in [0.25, 0.3) is 0 Å². The van der Waals surface area contributed by atoms with Crippen LogP contribution in [-0.4, -0.2) is 55.5 Å². The molecule has 0 radical (unpaired) electrons. The molecule has 0 spiro atoms. The van der Waals surface area contributed by atoms with Gasteiger partial charge in [-0.25, -0.2) is 8.42 Å². The van der Waals surface area contributed by atoms with Gasteiger partial charge in [0.05, 0.1) is 12.8 Å². The molecule has 0 aromatic heterocycles. The van der Waals surface area contributed by atoms with E-state index in [2.05, 4.69) is 12.2 Å². The third-order valence-electron chi connectivity index (χ3n) is 6.54. The van der Waals surface area contributed by atoms with Crippen LogP contribution >= 0.6 is 0 Å². The summed E-state index contributed by atoms with van der Waals surface area (Å²) in [6, 6.07) is 7.62. The molecule has 8 heteroatoms. The first-order valence-corrected chi connectivity index (χ1v) is 13.2. The predicted molar refractivity (Wildman–Crippen MR) is 122 cm³/mol. The summed E-state index contributed by atoms with van der Waals surface area (Å²) >= 11 is 0. The molecule has 1 N–H and O–H groups in total. The van der Waals surface area contributed by atoms with Crippen molar-refractivity contribution in [1.29, 1.82) is 0 Å². The van der Waals surface area contributed by atoms with Gasteiger partial charge in [-0.1, -0.05) is 51.2 Å². The lowest BCUT2D eigenvalue weighted by molar-refractivity contribution is -0.133. The van der Waals surface area contributed by atoms with E-state index >= 15 is 0 Å². The van der Waals surface area contributed by atoms with Gasteiger partial charge in [-0.2, -0.15) is 4.31 Å². The van der Waals surface area contributed by atoms with Crippen LogP contribution in [0.5, 0.6) is 0 Å². The highest BCUT2D eigenvalue weighted by atomic mass is 32.2. The van der Waals surface area contributed by atoms with Crippen LogP contribution in [-0.2, 0) is 26.0 Å². The summed E-state index contributed by atoms with van der Waals surface area (Å²) in [7, 11) is -3.62. The van der Waals surface area contributed by atoms with Gasteiger partial charge in [0.1, 0.15) is 5.54 Å². The first-order chi connectivity index (χ1) is 14.6. The van der Waals surface area contributed by atoms with Crippen LogP contribution in [0.1, 0.15) is 64.4 Å². The van der Waals surface area contributed by atoms with Gasteiger partial charge >= 0.3 is 0 Å². The average Bonchev–Trinajstić information content (AvgIpc) is 2.69. The summed E-state index contributed by atoms with van der Waals surface area (Å²) in [6.45, 7) is 3.40. The van der Waals surface area contributed by atoms with Crippen LogP contribution in [0.3, 0.4) is 0 Å². The van der Waals surface area contributed by atoms with Crippen LogP contribution in [0.15, 0.2) is 24.3 Å². The number of nitrogens with zero attached hydrogens (tertiary/aromatic N) is 2. The van der Waals surface area contributed by atoms with Crippen molar-refractivity contribution in [1.82, 2.24) is 9.62 Å². The predicted octanol–water partition coefficient (Wildman–Crippen LogP) is 2.84. The van der Waals surface area contributed by atoms with E-state index in [1.165, 1.54) is 24.2 Å². The maximum absolute atomic E-state index is 13.6. The lowest BCUT2D eigenvalue weighted by Gasteiger charge is -2.47. The number of anilines is 1. The van der Waals surface area contributed by atoms with Gasteiger partial charge in [0.25, 0.3) is 0 Å². The fraction of sp³-hybridized carbons (Fsp3) is 0.652. The highest BCUT2D eigenvalue weighted by Gasteiger charge is 2.50. The summed E-state index contributed by atoms with van der Waals surface area (Å²) in [5.41, 5.74) is 0.423. The molecule has 1 atom stereocenters. The largest absolute Gasteiger partial charge is 0.351 e. The third-order valence-corrected chi connectivity index (χ3v) is 7.74. The number of hydrogen-bond acceptors (Lipinski definition) is 4. The van der Waals surface area contributed by atoms with Crippen LogP contribution < -0.4 is 10.2 Å². The highest BCUT2D eigenvalue weighted by molar-refractivity contribution is 7.88. The Morgan fingerprint density at radius 2 is 1.68 bits per heavy atom. The van der Waals surface area contributed by atoms with Crippen molar-refractivity contribution in [2.24, 2.45) is 0 Å². The standard InChI is InChI=1S/C23H35N3O4S/c1-4-18-12-14-20(15-13-18)26-21(27)16-25(31(3,29)30)17-23(26,2)22(28)24-19-10-8-6-5-7-9-11-19/h12-15,19H,4-11,16-17H2,1-3H3,(H,24,28)/t23-/m0/s1. The number of benzene rings is 1. The summed E-state index contributed by atoms with van der Waals surface area (Å²) in [5, 5.41) is 3.16. The minimum atomic E-state index is -3.62. The summed E-state index contributed by atoms with van der Waals surface area (Å²) in [6.07, 6.45) is 9.48. The maximum Gasteiger partial charge on any atom is 0.247 e. The monoisotopic (exact) mass is 449 g/mol. The Morgan fingerprint density at radius 3 is 2.23 bits per heavy atom. The molecule has 0 bridgehead atoms. The summed E-state index contributed by atoms with van der Waals surface area (Å²) < 4.78 is 25.6. The van der Waals surface area contributed by atoms with Crippen LogP contribution in [0.2, 0.25) is 0 Å². The van der Waals surface area contributed by atoms with E-state index in [1.54, 1.807) is 6.92 Å². The Morgan fingerprint density at radius 1 is 1.10 bits per heavy atom. The Labute approximate surface area is 186 Å². The summed E-state index contributed by atoms with van der Waals surface area (Å²) in [4.78, 5) is 28.2. The van der Waals surface area contributed by atoms with Gasteiger partial charge < -0.3 is 5.32 Å². The minimum absolute atomic E-state index is 0.0534. The molecule has 0 unspecified atom stereocenters. The molecule has 7 nitrogen and oxygen atoms in total. The SMILES string of the molecule is CCc1ccc(N2C(=O)CN(S(C)(=O)=O)C[C@@]2(C)C(=O)NC2CCCCCCC2)cc1. The van der Waals surface area contributed by atoms with Crippen molar-refractivity contribution in [2.75, 3.05) is 24.2 Å². The second kappa shape index (κ2) is 9.69. The second-order valence-corrected chi connectivity index (χ2v) is 11.1. The molecule has 2 fully saturated rings. The van der Waals surface area contributed by atoms with E-state index < -0.39 is 21.5 Å². The minimum Gasteiger partial charge on any atom is -0.351 e. The van der Waals surface area contributed by atoms with E-state index in [1.807, 2.05) is 24.3 Å². The number of nitrogens with one attached hydrogen (secondary N) is 1. The first-order valence-electron chi connectivity index (χ1n) is 11.3. The number of aryl methyl sites for hydroxylation is 1. The van der Waals surface area contributed by atoms with Crippen molar-refractivity contribution in [3.8, 4) is 0 Å². The molecule has 1 heterocycles. The molecular formula is C23H35N3O4S. The quantitative estimate of drug-likeness (QED) is 0.749. The van der Waals surface area contributed by atoms with Crippen molar-refractivity contribution >= 4 is 27.5 Å². The van der Waals surface area contributed by atoms with Crippen LogP contribution in [0, 0.1) is 0 Å². The Balaban J connectivity index is 1.93. The van der Waals surface area contributed by atoms with E-state index in [4.69, 9.17) is 0 Å². The number of rotatable bonds is 5. The lowest BCUT2D eigenvalue weighted by atomic mass is 9.92. The second-order valence-electron chi connectivity index (χ2n) is 9.07. The van der Waals surface area contributed by atoms with Gasteiger partial charge in [-0.05, 0) is 43.9 Å². The van der Waals surface area contributed by atoms with Crippen LogP contribution in [0.4, 0.5) is 5.69 Å². The van der Waals surface area contributed by atoms with Gasteiger partial charge in [0.2, 0.25) is 21.8 Å². The zero-order chi connectivity index (χ0) is 22.6. The zero-order valence-corrected chi connectivity index (χ0v) is 19.7. The fourth-order valence-electron chi connectivity index (χ4n) is 4.63. The molecule has 172 valence electrons. The number of hydrogen-bond donors (Lipinski definition) is 1. The van der Waals surface area contributed by atoms with E-state index in [0.717, 1.165) is 48.2 Å². The molecule has 2 amide bonds. The molecule has 1 aromatic carbocycles.